The van der Waals surface area contributed by atoms with Gasteiger partial charge in [0, 0.05) is 19.2 Å². The van der Waals surface area contributed by atoms with Crippen molar-refractivity contribution in [3.8, 4) is 5.75 Å². The lowest BCUT2D eigenvalue weighted by molar-refractivity contribution is -0.00696. The van der Waals surface area contributed by atoms with Gasteiger partial charge in [0.2, 0.25) is 0 Å². The van der Waals surface area contributed by atoms with Crippen molar-refractivity contribution in [3.63, 3.8) is 0 Å². The molecule has 1 N–H and O–H groups in total. The molecule has 20 heavy (non-hydrogen) atoms. The highest BCUT2D eigenvalue weighted by atomic mass is 16.5. The van der Waals surface area contributed by atoms with Crippen LogP contribution in [-0.4, -0.2) is 54.2 Å². The lowest BCUT2D eigenvalue weighted by Gasteiger charge is -2.20. The summed E-state index contributed by atoms with van der Waals surface area (Å²) >= 11 is 0. The Labute approximate surface area is 121 Å². The molecule has 0 aliphatic carbocycles. The maximum Gasteiger partial charge on any atom is 0.124 e. The highest BCUT2D eigenvalue weighted by Gasteiger charge is 2.15. The van der Waals surface area contributed by atoms with E-state index in [1.54, 1.807) is 14.2 Å². The van der Waals surface area contributed by atoms with Crippen LogP contribution in [-0.2, 0) is 14.2 Å². The Bertz CT molecular complexity index is 359. The minimum Gasteiger partial charge on any atom is -0.496 e. The lowest BCUT2D eigenvalue weighted by atomic mass is 10.1. The van der Waals surface area contributed by atoms with Gasteiger partial charge in [-0.2, -0.15) is 0 Å². The zero-order valence-electron chi connectivity index (χ0n) is 12.6. The quantitative estimate of drug-likeness (QED) is 0.626. The Hall–Kier alpha value is -1.14. The molecule has 0 aromatic heterocycles. The molecular formula is C15H25NO4. The Balaban J connectivity index is 2.47. The van der Waals surface area contributed by atoms with Crippen LogP contribution in [0.2, 0.25) is 0 Å². The first kappa shape index (κ1) is 16.9. The molecule has 1 rings (SSSR count). The Kier molecular flexibility index (Phi) is 8.98. The molecule has 0 saturated heterocycles. The molecule has 0 aliphatic heterocycles. The SMILES string of the molecule is CNCC(OCCOCCOC)c1ccccc1OC. The van der Waals surface area contributed by atoms with E-state index in [1.165, 1.54) is 0 Å². The van der Waals surface area contributed by atoms with Crippen molar-refractivity contribution in [3.05, 3.63) is 29.8 Å². The number of methoxy groups -OCH3 is 2. The van der Waals surface area contributed by atoms with E-state index in [0.717, 1.165) is 17.9 Å². The van der Waals surface area contributed by atoms with E-state index in [4.69, 9.17) is 18.9 Å². The summed E-state index contributed by atoms with van der Waals surface area (Å²) in [6.45, 7) is 3.00. The summed E-state index contributed by atoms with van der Waals surface area (Å²) in [5, 5.41) is 3.14. The van der Waals surface area contributed by atoms with Crippen molar-refractivity contribution in [2.45, 2.75) is 6.10 Å². The zero-order valence-corrected chi connectivity index (χ0v) is 12.6. The summed E-state index contributed by atoms with van der Waals surface area (Å²) in [4.78, 5) is 0. The Morgan fingerprint density at radius 1 is 1.05 bits per heavy atom. The molecule has 1 aromatic carbocycles. The number of nitrogens with one attached hydrogen (secondary N) is 1. The topological polar surface area (TPSA) is 49.0 Å². The number of likely N-dealkylation sites (N-methyl/N-ethyl adjacent to an activating group) is 1. The molecule has 1 atom stereocenters. The van der Waals surface area contributed by atoms with Crippen LogP contribution in [0, 0.1) is 0 Å². The van der Waals surface area contributed by atoms with Crippen LogP contribution in [0.15, 0.2) is 24.3 Å². The monoisotopic (exact) mass is 283 g/mol. The average molecular weight is 283 g/mol. The van der Waals surface area contributed by atoms with Gasteiger partial charge in [-0.25, -0.2) is 0 Å². The first-order valence-electron chi connectivity index (χ1n) is 6.79. The van der Waals surface area contributed by atoms with Gasteiger partial charge in [-0.1, -0.05) is 18.2 Å². The summed E-state index contributed by atoms with van der Waals surface area (Å²) in [7, 11) is 5.23. The summed E-state index contributed by atoms with van der Waals surface area (Å²) < 4.78 is 21.6. The fourth-order valence-corrected chi connectivity index (χ4v) is 1.87. The minimum absolute atomic E-state index is 0.0535. The van der Waals surface area contributed by atoms with Crippen molar-refractivity contribution >= 4 is 0 Å². The Morgan fingerprint density at radius 3 is 2.50 bits per heavy atom. The molecule has 0 amide bonds. The molecule has 1 unspecified atom stereocenters. The predicted octanol–water partition coefficient (Wildman–Crippen LogP) is 1.64. The second-order valence-electron chi connectivity index (χ2n) is 4.26. The molecule has 0 spiro atoms. The normalized spacial score (nSPS) is 12.3. The van der Waals surface area contributed by atoms with Gasteiger partial charge in [-0.05, 0) is 13.1 Å². The lowest BCUT2D eigenvalue weighted by Crippen LogP contribution is -2.22. The van der Waals surface area contributed by atoms with Crippen LogP contribution in [0.1, 0.15) is 11.7 Å². The fraction of sp³-hybridized carbons (Fsp3) is 0.600. The maximum absolute atomic E-state index is 5.88. The molecular weight excluding hydrogens is 258 g/mol. The summed E-state index contributed by atoms with van der Waals surface area (Å²) in [6, 6.07) is 7.90. The van der Waals surface area contributed by atoms with Crippen molar-refractivity contribution in [2.75, 3.05) is 54.2 Å². The average Bonchev–Trinajstić information content (AvgIpc) is 2.49. The van der Waals surface area contributed by atoms with Gasteiger partial charge in [0.05, 0.1) is 39.6 Å². The molecule has 0 radical (unpaired) electrons. The van der Waals surface area contributed by atoms with E-state index in [-0.39, 0.29) is 6.10 Å². The van der Waals surface area contributed by atoms with Crippen LogP contribution in [0.25, 0.3) is 0 Å². The van der Waals surface area contributed by atoms with Gasteiger partial charge in [0.25, 0.3) is 0 Å². The first-order valence-corrected chi connectivity index (χ1v) is 6.79. The highest BCUT2D eigenvalue weighted by molar-refractivity contribution is 5.35. The molecule has 0 saturated carbocycles. The highest BCUT2D eigenvalue weighted by Crippen LogP contribution is 2.26. The Morgan fingerprint density at radius 2 is 1.80 bits per heavy atom. The van der Waals surface area contributed by atoms with Gasteiger partial charge in [0.1, 0.15) is 5.75 Å². The zero-order chi connectivity index (χ0) is 14.6. The van der Waals surface area contributed by atoms with Crippen LogP contribution in [0.3, 0.4) is 0 Å². The largest absolute Gasteiger partial charge is 0.496 e. The van der Waals surface area contributed by atoms with E-state index < -0.39 is 0 Å². The van der Waals surface area contributed by atoms with Crippen LogP contribution in [0.4, 0.5) is 0 Å². The third-order valence-corrected chi connectivity index (χ3v) is 2.85. The molecule has 0 bridgehead atoms. The van der Waals surface area contributed by atoms with E-state index in [0.29, 0.717) is 26.4 Å². The van der Waals surface area contributed by atoms with Crippen LogP contribution in [0.5, 0.6) is 5.75 Å². The fourth-order valence-electron chi connectivity index (χ4n) is 1.87. The van der Waals surface area contributed by atoms with Gasteiger partial charge in [0.15, 0.2) is 0 Å². The number of hydrogen-bond acceptors (Lipinski definition) is 5. The summed E-state index contributed by atoms with van der Waals surface area (Å²) in [6.07, 6.45) is -0.0535. The molecule has 0 aliphatic rings. The van der Waals surface area contributed by atoms with Crippen molar-refractivity contribution in [1.82, 2.24) is 5.32 Å². The molecule has 5 heteroatoms. The number of rotatable bonds is 11. The summed E-state index contributed by atoms with van der Waals surface area (Å²) in [5.41, 5.74) is 1.04. The van der Waals surface area contributed by atoms with Gasteiger partial charge in [-0.15, -0.1) is 0 Å². The first-order chi connectivity index (χ1) is 9.83. The van der Waals surface area contributed by atoms with E-state index in [9.17, 15) is 0 Å². The molecule has 1 aromatic rings. The number of para-hydroxylation sites is 1. The van der Waals surface area contributed by atoms with Gasteiger partial charge >= 0.3 is 0 Å². The molecule has 114 valence electrons. The third kappa shape index (κ3) is 5.88. The van der Waals surface area contributed by atoms with Gasteiger partial charge < -0.3 is 24.3 Å². The number of ether oxygens (including phenoxy) is 4. The van der Waals surface area contributed by atoms with Crippen molar-refractivity contribution in [2.24, 2.45) is 0 Å². The molecule has 0 fully saturated rings. The molecule has 5 nitrogen and oxygen atoms in total. The van der Waals surface area contributed by atoms with Crippen molar-refractivity contribution < 1.29 is 18.9 Å². The van der Waals surface area contributed by atoms with Crippen LogP contribution < -0.4 is 10.1 Å². The maximum atomic E-state index is 5.88. The van der Waals surface area contributed by atoms with Crippen molar-refractivity contribution in [1.29, 1.82) is 0 Å². The molecule has 0 heterocycles. The predicted molar refractivity (Wildman–Crippen MR) is 78.3 cm³/mol. The van der Waals surface area contributed by atoms with Crippen LogP contribution >= 0.6 is 0 Å². The second-order valence-corrected chi connectivity index (χ2v) is 4.26. The third-order valence-electron chi connectivity index (χ3n) is 2.85. The van der Waals surface area contributed by atoms with Gasteiger partial charge in [-0.3, -0.25) is 0 Å². The van der Waals surface area contributed by atoms with E-state index >= 15 is 0 Å². The smallest absolute Gasteiger partial charge is 0.124 e. The standard InChI is InChI=1S/C15H25NO4/c1-16-12-15(20-11-10-19-9-8-17-2)13-6-4-5-7-14(13)18-3/h4-7,15-16H,8-12H2,1-3H3. The number of benzene rings is 1. The number of hydrogen-bond donors (Lipinski definition) is 1. The minimum atomic E-state index is -0.0535. The van der Waals surface area contributed by atoms with E-state index in [2.05, 4.69) is 5.32 Å². The summed E-state index contributed by atoms with van der Waals surface area (Å²) in [5.74, 6) is 0.841. The second kappa shape index (κ2) is 10.6. The van der Waals surface area contributed by atoms with E-state index in [1.807, 2.05) is 31.3 Å².